The van der Waals surface area contributed by atoms with Gasteiger partial charge in [-0.3, -0.25) is 10.1 Å². The van der Waals surface area contributed by atoms with Gasteiger partial charge in [-0.1, -0.05) is 30.3 Å². The van der Waals surface area contributed by atoms with Gasteiger partial charge in [0.1, 0.15) is 0 Å². The Labute approximate surface area is 140 Å². The minimum atomic E-state index is 0.671. The number of aromatic amines is 1. The number of aliphatic imine (C=N–C) groups is 1. The highest BCUT2D eigenvalue weighted by molar-refractivity contribution is 6.01. The second-order valence-electron chi connectivity index (χ2n) is 5.82. The molecule has 1 aliphatic heterocycles. The summed E-state index contributed by atoms with van der Waals surface area (Å²) in [6.07, 6.45) is 1.81. The van der Waals surface area contributed by atoms with Crippen LogP contribution in [-0.4, -0.2) is 26.0 Å². The molecular formula is C18H18N6. The number of hydrazine groups is 1. The van der Waals surface area contributed by atoms with E-state index in [4.69, 9.17) is 0 Å². The summed E-state index contributed by atoms with van der Waals surface area (Å²) in [4.78, 5) is 9.08. The monoisotopic (exact) mass is 318 g/mol. The molecule has 0 amide bonds. The lowest BCUT2D eigenvalue weighted by molar-refractivity contribution is 0.207. The molecular weight excluding hydrogens is 300 g/mol. The summed E-state index contributed by atoms with van der Waals surface area (Å²) in [6, 6.07) is 16.2. The Morgan fingerprint density at radius 2 is 2.04 bits per heavy atom. The Kier molecular flexibility index (Phi) is 3.80. The van der Waals surface area contributed by atoms with Gasteiger partial charge >= 0.3 is 0 Å². The van der Waals surface area contributed by atoms with Crippen molar-refractivity contribution in [2.75, 3.05) is 0 Å². The van der Waals surface area contributed by atoms with Crippen molar-refractivity contribution >= 4 is 11.7 Å². The van der Waals surface area contributed by atoms with Crippen LogP contribution in [0.2, 0.25) is 0 Å². The number of nitrogens with one attached hydrogen (secondary N) is 2. The Morgan fingerprint density at radius 1 is 1.17 bits per heavy atom. The standard InChI is InChI=1S/C18H18N6/c1-13-10-17(22-21-13)20-18-16-8-3-2-6-14(16)11-24(23-18)12-15-7-4-5-9-19-15/h2-10H,11-12H2,1H3,(H2,20,21,22,23). The zero-order chi connectivity index (χ0) is 16.4. The zero-order valence-corrected chi connectivity index (χ0v) is 13.4. The van der Waals surface area contributed by atoms with E-state index in [-0.39, 0.29) is 0 Å². The number of amidine groups is 1. The molecule has 0 unspecified atom stereocenters. The molecule has 2 aromatic heterocycles. The van der Waals surface area contributed by atoms with Gasteiger partial charge < -0.3 is 5.43 Å². The third-order valence-electron chi connectivity index (χ3n) is 3.90. The summed E-state index contributed by atoms with van der Waals surface area (Å²) in [5.74, 6) is 1.48. The summed E-state index contributed by atoms with van der Waals surface area (Å²) >= 11 is 0. The molecule has 0 saturated heterocycles. The first-order valence-corrected chi connectivity index (χ1v) is 7.88. The number of pyridine rings is 1. The highest BCUT2D eigenvalue weighted by atomic mass is 15.5. The lowest BCUT2D eigenvalue weighted by atomic mass is 10.0. The quantitative estimate of drug-likeness (QED) is 0.779. The van der Waals surface area contributed by atoms with E-state index in [2.05, 4.69) is 48.8 Å². The topological polar surface area (TPSA) is 69.2 Å². The van der Waals surface area contributed by atoms with E-state index < -0.39 is 0 Å². The van der Waals surface area contributed by atoms with Crippen molar-refractivity contribution < 1.29 is 0 Å². The van der Waals surface area contributed by atoms with Crippen LogP contribution in [0.1, 0.15) is 22.5 Å². The van der Waals surface area contributed by atoms with Gasteiger partial charge in [-0.05, 0) is 24.6 Å². The van der Waals surface area contributed by atoms with E-state index in [0.717, 1.165) is 29.3 Å². The molecule has 2 N–H and O–H groups in total. The van der Waals surface area contributed by atoms with Gasteiger partial charge in [0.05, 0.1) is 12.2 Å². The minimum Gasteiger partial charge on any atom is -0.302 e. The Morgan fingerprint density at radius 3 is 2.83 bits per heavy atom. The van der Waals surface area contributed by atoms with Gasteiger partial charge in [0, 0.05) is 30.1 Å². The summed E-state index contributed by atoms with van der Waals surface area (Å²) in [5.41, 5.74) is 7.75. The van der Waals surface area contributed by atoms with Crippen LogP contribution in [-0.2, 0) is 13.1 Å². The molecule has 0 aliphatic carbocycles. The maximum absolute atomic E-state index is 4.67. The van der Waals surface area contributed by atoms with Gasteiger partial charge in [0.15, 0.2) is 11.7 Å². The van der Waals surface area contributed by atoms with E-state index >= 15 is 0 Å². The Hall–Kier alpha value is -2.99. The molecule has 6 nitrogen and oxygen atoms in total. The second-order valence-corrected chi connectivity index (χ2v) is 5.82. The first kappa shape index (κ1) is 14.6. The summed E-state index contributed by atoms with van der Waals surface area (Å²) in [6.45, 7) is 3.46. The molecule has 0 spiro atoms. The molecule has 120 valence electrons. The second kappa shape index (κ2) is 6.25. The number of nitrogens with zero attached hydrogens (tertiary/aromatic N) is 4. The molecule has 1 aliphatic rings. The predicted molar refractivity (Wildman–Crippen MR) is 92.6 cm³/mol. The van der Waals surface area contributed by atoms with Crippen LogP contribution < -0.4 is 5.43 Å². The van der Waals surface area contributed by atoms with Gasteiger partial charge in [-0.15, -0.1) is 0 Å². The summed E-state index contributed by atoms with van der Waals surface area (Å²) in [5, 5.41) is 9.25. The lowest BCUT2D eigenvalue weighted by Gasteiger charge is -2.31. The van der Waals surface area contributed by atoms with Crippen LogP contribution in [0, 0.1) is 6.92 Å². The van der Waals surface area contributed by atoms with E-state index in [1.54, 1.807) is 0 Å². The van der Waals surface area contributed by atoms with E-state index in [0.29, 0.717) is 12.4 Å². The molecule has 3 aromatic rings. The highest BCUT2D eigenvalue weighted by Crippen LogP contribution is 2.20. The summed E-state index contributed by atoms with van der Waals surface area (Å²) in [7, 11) is 0. The van der Waals surface area contributed by atoms with Crippen molar-refractivity contribution in [1.82, 2.24) is 25.6 Å². The molecule has 4 rings (SSSR count). The maximum atomic E-state index is 4.67. The largest absolute Gasteiger partial charge is 0.302 e. The van der Waals surface area contributed by atoms with Crippen molar-refractivity contribution in [3.8, 4) is 0 Å². The Bertz CT molecular complexity index is 868. The van der Waals surface area contributed by atoms with Gasteiger partial charge in [0.2, 0.25) is 0 Å². The Balaban J connectivity index is 1.66. The number of hydrogen-bond acceptors (Lipinski definition) is 4. The average molecular weight is 318 g/mol. The molecule has 24 heavy (non-hydrogen) atoms. The van der Waals surface area contributed by atoms with E-state index in [1.165, 1.54) is 5.56 Å². The van der Waals surface area contributed by atoms with Crippen molar-refractivity contribution in [1.29, 1.82) is 0 Å². The van der Waals surface area contributed by atoms with Gasteiger partial charge in [-0.2, -0.15) is 5.10 Å². The van der Waals surface area contributed by atoms with Crippen molar-refractivity contribution in [3.05, 3.63) is 77.2 Å². The number of fused-ring (bicyclic) bond motifs is 1. The fourth-order valence-corrected chi connectivity index (χ4v) is 2.79. The molecule has 0 atom stereocenters. The number of H-pyrrole nitrogens is 1. The normalized spacial score (nSPS) is 16.0. The van der Waals surface area contributed by atoms with Crippen LogP contribution in [0.3, 0.4) is 0 Å². The molecule has 6 heteroatoms. The smallest absolute Gasteiger partial charge is 0.175 e. The van der Waals surface area contributed by atoms with Crippen LogP contribution in [0.4, 0.5) is 5.82 Å². The molecule has 0 saturated carbocycles. The van der Waals surface area contributed by atoms with Gasteiger partial charge in [0.25, 0.3) is 0 Å². The maximum Gasteiger partial charge on any atom is 0.175 e. The molecule has 0 bridgehead atoms. The van der Waals surface area contributed by atoms with Crippen molar-refractivity contribution in [3.63, 3.8) is 0 Å². The fraction of sp³-hybridized carbons (Fsp3) is 0.167. The van der Waals surface area contributed by atoms with E-state index in [1.807, 2.05) is 43.5 Å². The fourth-order valence-electron chi connectivity index (χ4n) is 2.79. The number of aromatic nitrogens is 3. The lowest BCUT2D eigenvalue weighted by Crippen LogP contribution is -2.46. The van der Waals surface area contributed by atoms with Crippen LogP contribution in [0.5, 0.6) is 0 Å². The first-order valence-electron chi connectivity index (χ1n) is 7.88. The third-order valence-corrected chi connectivity index (χ3v) is 3.90. The van der Waals surface area contributed by atoms with E-state index in [9.17, 15) is 0 Å². The van der Waals surface area contributed by atoms with Gasteiger partial charge in [-0.25, -0.2) is 10.0 Å². The highest BCUT2D eigenvalue weighted by Gasteiger charge is 2.21. The number of rotatable bonds is 3. The average Bonchev–Trinajstić information content (AvgIpc) is 3.01. The molecule has 0 fully saturated rings. The number of aryl methyl sites for hydroxylation is 1. The molecule has 0 radical (unpaired) electrons. The zero-order valence-electron chi connectivity index (χ0n) is 13.4. The van der Waals surface area contributed by atoms with Crippen LogP contribution in [0.15, 0.2) is 59.7 Å². The van der Waals surface area contributed by atoms with Crippen LogP contribution in [0.25, 0.3) is 0 Å². The van der Waals surface area contributed by atoms with Crippen molar-refractivity contribution in [2.45, 2.75) is 20.0 Å². The third kappa shape index (κ3) is 3.04. The summed E-state index contributed by atoms with van der Waals surface area (Å²) < 4.78 is 0. The van der Waals surface area contributed by atoms with Crippen molar-refractivity contribution in [2.24, 2.45) is 4.99 Å². The molecule has 3 heterocycles. The minimum absolute atomic E-state index is 0.671. The number of benzene rings is 1. The molecule has 1 aromatic carbocycles. The SMILES string of the molecule is Cc1cc(N=C2NN(Cc3ccccn3)Cc3ccccc32)n[nH]1. The number of hydrogen-bond donors (Lipinski definition) is 2. The van der Waals surface area contributed by atoms with Crippen LogP contribution >= 0.6 is 0 Å². The first-order chi connectivity index (χ1) is 11.8. The predicted octanol–water partition coefficient (Wildman–Crippen LogP) is 2.71.